The van der Waals surface area contributed by atoms with Gasteiger partial charge in [-0.2, -0.15) is 0 Å². The van der Waals surface area contributed by atoms with Gasteiger partial charge in [0.1, 0.15) is 5.75 Å². The second kappa shape index (κ2) is 11.4. The van der Waals surface area contributed by atoms with Gasteiger partial charge >= 0.3 is 0 Å². The van der Waals surface area contributed by atoms with Gasteiger partial charge in [-0.15, -0.1) is 0 Å². The normalized spacial score (nSPS) is 11.9. The van der Waals surface area contributed by atoms with E-state index in [1.54, 1.807) is 0 Å². The lowest BCUT2D eigenvalue weighted by Gasteiger charge is -2.09. The zero-order chi connectivity index (χ0) is 22.2. The van der Waals surface area contributed by atoms with E-state index in [1.165, 1.54) is 90.3 Å². The van der Waals surface area contributed by atoms with Gasteiger partial charge in [-0.25, -0.2) is 0 Å². The lowest BCUT2D eigenvalue weighted by atomic mass is 9.98. The molecule has 0 saturated heterocycles. The SMILES string of the molecule is CCCCCCCOc1ccc(-c2ccc3c(c2)Cc2cc(CCCCC)ccc2-3)cc1. The first-order valence-corrected chi connectivity index (χ1v) is 12.8. The number of ether oxygens (including phenoxy) is 1. The largest absolute Gasteiger partial charge is 0.494 e. The first-order valence-electron chi connectivity index (χ1n) is 12.8. The van der Waals surface area contributed by atoms with Crippen molar-refractivity contribution < 1.29 is 4.74 Å². The van der Waals surface area contributed by atoms with Gasteiger partial charge in [0, 0.05) is 0 Å². The Hall–Kier alpha value is -2.54. The Bertz CT molecular complexity index is 999. The number of aryl methyl sites for hydroxylation is 1. The van der Waals surface area contributed by atoms with Crippen molar-refractivity contribution in [1.82, 2.24) is 0 Å². The van der Waals surface area contributed by atoms with Crippen LogP contribution in [-0.2, 0) is 12.8 Å². The Kier molecular flexibility index (Phi) is 8.04. The highest BCUT2D eigenvalue weighted by Crippen LogP contribution is 2.39. The summed E-state index contributed by atoms with van der Waals surface area (Å²) in [6.07, 6.45) is 12.5. The van der Waals surface area contributed by atoms with Crippen LogP contribution in [0.4, 0.5) is 0 Å². The molecule has 0 aromatic heterocycles. The fourth-order valence-corrected chi connectivity index (χ4v) is 4.82. The molecule has 0 radical (unpaired) electrons. The molecule has 32 heavy (non-hydrogen) atoms. The molecule has 1 aliphatic carbocycles. The number of rotatable bonds is 12. The summed E-state index contributed by atoms with van der Waals surface area (Å²) < 4.78 is 5.94. The van der Waals surface area contributed by atoms with Crippen molar-refractivity contribution >= 4 is 0 Å². The highest BCUT2D eigenvalue weighted by atomic mass is 16.5. The summed E-state index contributed by atoms with van der Waals surface area (Å²) in [5.41, 5.74) is 9.83. The molecule has 0 saturated carbocycles. The smallest absolute Gasteiger partial charge is 0.119 e. The van der Waals surface area contributed by atoms with Crippen LogP contribution < -0.4 is 4.74 Å². The van der Waals surface area contributed by atoms with E-state index in [4.69, 9.17) is 4.74 Å². The number of hydrogen-bond donors (Lipinski definition) is 0. The first-order chi connectivity index (χ1) is 15.8. The van der Waals surface area contributed by atoms with Crippen LogP contribution in [0.5, 0.6) is 5.75 Å². The maximum atomic E-state index is 5.94. The minimum Gasteiger partial charge on any atom is -0.494 e. The Morgan fingerprint density at radius 1 is 0.625 bits per heavy atom. The van der Waals surface area contributed by atoms with E-state index in [1.807, 2.05) is 0 Å². The topological polar surface area (TPSA) is 9.23 Å². The van der Waals surface area contributed by atoms with Crippen molar-refractivity contribution in [2.24, 2.45) is 0 Å². The van der Waals surface area contributed by atoms with Gasteiger partial charge in [-0.1, -0.05) is 101 Å². The van der Waals surface area contributed by atoms with E-state index in [9.17, 15) is 0 Å². The van der Waals surface area contributed by atoms with Crippen molar-refractivity contribution in [3.05, 3.63) is 77.4 Å². The maximum absolute atomic E-state index is 5.94. The molecule has 0 fully saturated rings. The highest BCUT2D eigenvalue weighted by Gasteiger charge is 2.19. The van der Waals surface area contributed by atoms with Crippen LogP contribution in [0.25, 0.3) is 22.3 Å². The average Bonchev–Trinajstić information content (AvgIpc) is 3.19. The van der Waals surface area contributed by atoms with Crippen molar-refractivity contribution in [3.63, 3.8) is 0 Å². The fourth-order valence-electron chi connectivity index (χ4n) is 4.82. The van der Waals surface area contributed by atoms with Gasteiger partial charge in [0.2, 0.25) is 0 Å². The van der Waals surface area contributed by atoms with E-state index < -0.39 is 0 Å². The molecule has 0 heterocycles. The highest BCUT2D eigenvalue weighted by molar-refractivity contribution is 5.80. The van der Waals surface area contributed by atoms with Crippen molar-refractivity contribution in [2.75, 3.05) is 6.61 Å². The summed E-state index contributed by atoms with van der Waals surface area (Å²) in [6.45, 7) is 5.34. The van der Waals surface area contributed by atoms with Gasteiger partial charge in [0.15, 0.2) is 0 Å². The summed E-state index contributed by atoms with van der Waals surface area (Å²) in [7, 11) is 0. The summed E-state index contributed by atoms with van der Waals surface area (Å²) >= 11 is 0. The molecule has 1 aliphatic rings. The van der Waals surface area contributed by atoms with Gasteiger partial charge in [0.25, 0.3) is 0 Å². The van der Waals surface area contributed by atoms with E-state index in [0.717, 1.165) is 25.2 Å². The second-order valence-electron chi connectivity index (χ2n) is 9.28. The summed E-state index contributed by atoms with van der Waals surface area (Å²) in [5.74, 6) is 0.980. The van der Waals surface area contributed by atoms with Crippen LogP contribution in [0.1, 0.15) is 81.9 Å². The number of unbranched alkanes of at least 4 members (excludes halogenated alkanes) is 6. The van der Waals surface area contributed by atoms with Crippen LogP contribution >= 0.6 is 0 Å². The molecule has 4 rings (SSSR count). The first kappa shape index (κ1) is 22.6. The third-order valence-electron chi connectivity index (χ3n) is 6.72. The molecular formula is C31H38O. The Balaban J connectivity index is 1.37. The molecule has 0 N–H and O–H groups in total. The van der Waals surface area contributed by atoms with Crippen molar-refractivity contribution in [2.45, 2.75) is 78.1 Å². The molecule has 0 bridgehead atoms. The maximum Gasteiger partial charge on any atom is 0.119 e. The monoisotopic (exact) mass is 426 g/mol. The van der Waals surface area contributed by atoms with Gasteiger partial charge in [-0.3, -0.25) is 0 Å². The molecule has 168 valence electrons. The lowest BCUT2D eigenvalue weighted by molar-refractivity contribution is 0.304. The number of fused-ring (bicyclic) bond motifs is 3. The van der Waals surface area contributed by atoms with E-state index >= 15 is 0 Å². The molecule has 1 heteroatoms. The quantitative estimate of drug-likeness (QED) is 0.205. The predicted octanol–water partition coefficient (Wildman–Crippen LogP) is 9.01. The van der Waals surface area contributed by atoms with Crippen molar-refractivity contribution in [1.29, 1.82) is 0 Å². The summed E-state index contributed by atoms with van der Waals surface area (Å²) in [6, 6.07) is 22.7. The van der Waals surface area contributed by atoms with Crippen LogP contribution in [0.2, 0.25) is 0 Å². The van der Waals surface area contributed by atoms with E-state index in [-0.39, 0.29) is 0 Å². The molecule has 0 spiro atoms. The number of hydrogen-bond acceptors (Lipinski definition) is 1. The van der Waals surface area contributed by atoms with Crippen LogP contribution in [-0.4, -0.2) is 6.61 Å². The third-order valence-corrected chi connectivity index (χ3v) is 6.72. The summed E-state index contributed by atoms with van der Waals surface area (Å²) in [4.78, 5) is 0. The van der Waals surface area contributed by atoms with Crippen LogP contribution in [0.15, 0.2) is 60.7 Å². The number of benzene rings is 3. The fraction of sp³-hybridized carbons (Fsp3) is 0.419. The molecule has 0 atom stereocenters. The standard InChI is InChI=1S/C31H38O/c1-3-5-7-8-10-20-32-29-16-13-25(14-17-29)26-15-19-31-28(22-26)23-27-21-24(11-9-6-4-2)12-18-30(27)31/h12-19,21-22H,3-11,20,23H2,1-2H3. The van der Waals surface area contributed by atoms with Crippen LogP contribution in [0, 0.1) is 0 Å². The molecule has 0 amide bonds. The molecule has 3 aromatic rings. The predicted molar refractivity (Wildman–Crippen MR) is 138 cm³/mol. The van der Waals surface area contributed by atoms with Gasteiger partial charge < -0.3 is 4.74 Å². The summed E-state index contributed by atoms with van der Waals surface area (Å²) in [5, 5.41) is 0. The second-order valence-corrected chi connectivity index (χ2v) is 9.28. The Morgan fingerprint density at radius 3 is 2.06 bits per heavy atom. The van der Waals surface area contributed by atoms with E-state index in [2.05, 4.69) is 74.5 Å². The minimum absolute atomic E-state index is 0.820. The molecule has 0 aliphatic heterocycles. The zero-order valence-electron chi connectivity index (χ0n) is 20.0. The van der Waals surface area contributed by atoms with Gasteiger partial charge in [0.05, 0.1) is 6.61 Å². The molecule has 3 aromatic carbocycles. The zero-order valence-corrected chi connectivity index (χ0v) is 20.0. The minimum atomic E-state index is 0.820. The van der Waals surface area contributed by atoms with Gasteiger partial charge in [-0.05, 0) is 76.8 Å². The molecular weight excluding hydrogens is 388 g/mol. The Morgan fingerprint density at radius 2 is 1.28 bits per heavy atom. The lowest BCUT2D eigenvalue weighted by Crippen LogP contribution is -1.97. The van der Waals surface area contributed by atoms with Crippen molar-refractivity contribution in [3.8, 4) is 28.0 Å². The van der Waals surface area contributed by atoms with E-state index in [0.29, 0.717) is 0 Å². The van der Waals surface area contributed by atoms with Crippen LogP contribution in [0.3, 0.4) is 0 Å². The average molecular weight is 427 g/mol. The molecule has 0 unspecified atom stereocenters. The Labute approximate surface area is 194 Å². The molecule has 1 nitrogen and oxygen atoms in total. The third kappa shape index (κ3) is 5.63.